The highest BCUT2D eigenvalue weighted by atomic mass is 16.6. The highest BCUT2D eigenvalue weighted by Gasteiger charge is 2.31. The summed E-state index contributed by atoms with van der Waals surface area (Å²) in [5, 5.41) is 27.9. The fourth-order valence-electron chi connectivity index (χ4n) is 2.15. The molecule has 114 valence electrons. The minimum Gasteiger partial charge on any atom is -0.396 e. The number of aliphatic hydroxyl groups is 1. The number of rotatable bonds is 8. The van der Waals surface area contributed by atoms with Gasteiger partial charge >= 0.3 is 5.69 Å². The van der Waals surface area contributed by atoms with Crippen LogP contribution in [0, 0.1) is 17.0 Å². The summed E-state index contributed by atoms with van der Waals surface area (Å²) < 4.78 is 1.65. The second kappa shape index (κ2) is 6.69. The van der Waals surface area contributed by atoms with E-state index in [0.717, 1.165) is 12.8 Å². The highest BCUT2D eigenvalue weighted by Crippen LogP contribution is 2.32. The van der Waals surface area contributed by atoms with Crippen LogP contribution in [0.25, 0.3) is 0 Å². The lowest BCUT2D eigenvalue weighted by Gasteiger charge is -2.29. The zero-order chi connectivity index (χ0) is 15.3. The van der Waals surface area contributed by atoms with Crippen LogP contribution >= 0.6 is 0 Å². The van der Waals surface area contributed by atoms with Gasteiger partial charge in [-0.2, -0.15) is 5.10 Å². The summed E-state index contributed by atoms with van der Waals surface area (Å²) in [6.45, 7) is 8.24. The Hall–Kier alpha value is -1.63. The monoisotopic (exact) mass is 284 g/mol. The molecule has 1 heterocycles. The molecule has 0 aromatic carbocycles. The van der Waals surface area contributed by atoms with Crippen molar-refractivity contribution in [3.8, 4) is 0 Å². The van der Waals surface area contributed by atoms with Gasteiger partial charge in [-0.05, 0) is 33.1 Å². The molecule has 0 spiro atoms. The predicted molar refractivity (Wildman–Crippen MR) is 77.9 cm³/mol. The second-order valence-corrected chi connectivity index (χ2v) is 5.28. The van der Waals surface area contributed by atoms with Crippen molar-refractivity contribution in [3.05, 3.63) is 15.8 Å². The first-order valence-electron chi connectivity index (χ1n) is 6.99. The largest absolute Gasteiger partial charge is 0.396 e. The lowest BCUT2D eigenvalue weighted by molar-refractivity contribution is -0.384. The van der Waals surface area contributed by atoms with E-state index >= 15 is 0 Å². The molecule has 0 aliphatic heterocycles. The number of anilines is 1. The highest BCUT2D eigenvalue weighted by molar-refractivity contribution is 5.60. The van der Waals surface area contributed by atoms with Gasteiger partial charge in [-0.1, -0.05) is 13.8 Å². The molecule has 0 saturated heterocycles. The minimum absolute atomic E-state index is 0.0241. The first-order chi connectivity index (χ1) is 9.38. The van der Waals surface area contributed by atoms with E-state index in [2.05, 4.69) is 10.4 Å². The summed E-state index contributed by atoms with van der Waals surface area (Å²) >= 11 is 0. The van der Waals surface area contributed by atoms with Gasteiger partial charge in [0.25, 0.3) is 0 Å². The standard InChI is InChI=1S/C13H24N4O3/c1-5-8-16-12(11(17(19)20)10(3)15-16)14-13(4,6-2)7-9-18/h14,18H,5-9H2,1-4H3. The number of aromatic nitrogens is 2. The Kier molecular flexibility index (Phi) is 5.50. The number of nitrogens with zero attached hydrogens (tertiary/aromatic N) is 3. The van der Waals surface area contributed by atoms with E-state index in [1.807, 2.05) is 20.8 Å². The average Bonchev–Trinajstić information content (AvgIpc) is 2.66. The molecule has 0 aliphatic carbocycles. The van der Waals surface area contributed by atoms with E-state index in [-0.39, 0.29) is 12.3 Å². The maximum Gasteiger partial charge on any atom is 0.333 e. The summed E-state index contributed by atoms with van der Waals surface area (Å²) in [7, 11) is 0. The Bertz CT molecular complexity index is 472. The first-order valence-corrected chi connectivity index (χ1v) is 6.99. The van der Waals surface area contributed by atoms with Crippen LogP contribution in [0.1, 0.15) is 45.7 Å². The van der Waals surface area contributed by atoms with Gasteiger partial charge in [0.1, 0.15) is 5.69 Å². The molecule has 20 heavy (non-hydrogen) atoms. The van der Waals surface area contributed by atoms with Gasteiger partial charge in [0.15, 0.2) is 0 Å². The predicted octanol–water partition coefficient (Wildman–Crippen LogP) is 2.47. The lowest BCUT2D eigenvalue weighted by Crippen LogP contribution is -2.36. The summed E-state index contributed by atoms with van der Waals surface area (Å²) in [6.07, 6.45) is 2.12. The molecule has 7 heteroatoms. The molecule has 0 saturated carbocycles. The van der Waals surface area contributed by atoms with Crippen molar-refractivity contribution in [2.24, 2.45) is 0 Å². The minimum atomic E-state index is -0.397. The zero-order valence-corrected chi connectivity index (χ0v) is 12.6. The fourth-order valence-corrected chi connectivity index (χ4v) is 2.15. The normalized spacial score (nSPS) is 14.1. The maximum atomic E-state index is 11.3. The summed E-state index contributed by atoms with van der Waals surface area (Å²) in [5.41, 5.74) is 0.0433. The molecule has 1 atom stereocenters. The van der Waals surface area contributed by atoms with Gasteiger partial charge < -0.3 is 10.4 Å². The Labute approximate surface area is 119 Å². The molecule has 0 amide bonds. The molecule has 1 aromatic rings. The van der Waals surface area contributed by atoms with Gasteiger partial charge in [0, 0.05) is 18.7 Å². The molecule has 0 aliphatic rings. The third kappa shape index (κ3) is 3.47. The van der Waals surface area contributed by atoms with Gasteiger partial charge in [-0.15, -0.1) is 0 Å². The van der Waals surface area contributed by atoms with Crippen molar-refractivity contribution in [1.82, 2.24) is 9.78 Å². The SMILES string of the molecule is CCCn1nc(C)c([N+](=O)[O-])c1NC(C)(CC)CCO. The number of aliphatic hydroxyl groups excluding tert-OH is 1. The van der Waals surface area contributed by atoms with Crippen LogP contribution in [0.15, 0.2) is 0 Å². The van der Waals surface area contributed by atoms with Gasteiger partial charge in [-0.25, -0.2) is 4.68 Å². The number of hydrogen-bond donors (Lipinski definition) is 2. The van der Waals surface area contributed by atoms with E-state index < -0.39 is 10.5 Å². The summed E-state index contributed by atoms with van der Waals surface area (Å²) in [5.74, 6) is 0.437. The second-order valence-electron chi connectivity index (χ2n) is 5.28. The zero-order valence-electron chi connectivity index (χ0n) is 12.6. The van der Waals surface area contributed by atoms with Crippen LogP contribution in [0.5, 0.6) is 0 Å². The van der Waals surface area contributed by atoms with Gasteiger partial charge in [0.05, 0.1) is 4.92 Å². The van der Waals surface area contributed by atoms with E-state index in [4.69, 9.17) is 0 Å². The van der Waals surface area contributed by atoms with Crippen LogP contribution in [-0.2, 0) is 6.54 Å². The van der Waals surface area contributed by atoms with Crippen LogP contribution in [0.4, 0.5) is 11.5 Å². The molecule has 0 bridgehead atoms. The molecule has 1 aromatic heterocycles. The maximum absolute atomic E-state index is 11.3. The third-order valence-corrected chi connectivity index (χ3v) is 3.58. The fraction of sp³-hybridized carbons (Fsp3) is 0.769. The number of aryl methyl sites for hydroxylation is 2. The quantitative estimate of drug-likeness (QED) is 0.565. The molecule has 1 unspecified atom stereocenters. The van der Waals surface area contributed by atoms with E-state index in [1.165, 1.54) is 0 Å². The van der Waals surface area contributed by atoms with Gasteiger partial charge in [0.2, 0.25) is 5.82 Å². The Morgan fingerprint density at radius 2 is 2.15 bits per heavy atom. The topological polar surface area (TPSA) is 93.2 Å². The summed E-state index contributed by atoms with van der Waals surface area (Å²) in [4.78, 5) is 10.9. The van der Waals surface area contributed by atoms with Crippen molar-refractivity contribution >= 4 is 11.5 Å². The Morgan fingerprint density at radius 3 is 2.60 bits per heavy atom. The molecule has 1 rings (SSSR count). The van der Waals surface area contributed by atoms with Crippen molar-refractivity contribution in [3.63, 3.8) is 0 Å². The molecule has 7 nitrogen and oxygen atoms in total. The molecule has 2 N–H and O–H groups in total. The van der Waals surface area contributed by atoms with E-state index in [9.17, 15) is 15.2 Å². The number of hydrogen-bond acceptors (Lipinski definition) is 5. The van der Waals surface area contributed by atoms with E-state index in [0.29, 0.717) is 24.5 Å². The van der Waals surface area contributed by atoms with Crippen molar-refractivity contribution in [1.29, 1.82) is 0 Å². The molecule has 0 radical (unpaired) electrons. The van der Waals surface area contributed by atoms with Crippen LogP contribution in [0.3, 0.4) is 0 Å². The van der Waals surface area contributed by atoms with Crippen molar-refractivity contribution in [2.75, 3.05) is 11.9 Å². The molecular formula is C13H24N4O3. The van der Waals surface area contributed by atoms with Crippen LogP contribution in [0.2, 0.25) is 0 Å². The Balaban J connectivity index is 3.22. The van der Waals surface area contributed by atoms with Crippen LogP contribution < -0.4 is 5.32 Å². The average molecular weight is 284 g/mol. The molecular weight excluding hydrogens is 260 g/mol. The number of nitro groups is 1. The smallest absolute Gasteiger partial charge is 0.333 e. The van der Waals surface area contributed by atoms with Crippen LogP contribution in [-0.4, -0.2) is 32.0 Å². The number of nitrogens with one attached hydrogen (secondary N) is 1. The third-order valence-electron chi connectivity index (χ3n) is 3.58. The van der Waals surface area contributed by atoms with E-state index in [1.54, 1.807) is 11.6 Å². The summed E-state index contributed by atoms with van der Waals surface area (Å²) in [6, 6.07) is 0. The van der Waals surface area contributed by atoms with Crippen molar-refractivity contribution in [2.45, 2.75) is 59.0 Å². The first kappa shape index (κ1) is 16.4. The molecule has 0 fully saturated rings. The lowest BCUT2D eigenvalue weighted by atomic mass is 9.95. The Morgan fingerprint density at radius 1 is 1.50 bits per heavy atom. The van der Waals surface area contributed by atoms with Crippen molar-refractivity contribution < 1.29 is 10.0 Å². The van der Waals surface area contributed by atoms with Gasteiger partial charge in [-0.3, -0.25) is 10.1 Å².